The minimum absolute atomic E-state index is 0.125. The van der Waals surface area contributed by atoms with Crippen molar-refractivity contribution in [2.75, 3.05) is 0 Å². The first-order valence-electron chi connectivity index (χ1n) is 8.47. The van der Waals surface area contributed by atoms with Gasteiger partial charge >= 0.3 is 0 Å². The molecule has 0 spiro atoms. The number of nitrogens with one attached hydrogen (secondary N) is 1. The number of carbonyl (C=O) groups is 1. The highest BCUT2D eigenvalue weighted by atomic mass is 19.1. The second-order valence-electron chi connectivity index (χ2n) is 6.29. The minimum Gasteiger partial charge on any atom is -0.508 e. The van der Waals surface area contributed by atoms with Crippen LogP contribution in [0.3, 0.4) is 0 Å². The highest BCUT2D eigenvalue weighted by Gasteiger charge is 2.19. The molecule has 7 heteroatoms. The Bertz CT molecular complexity index is 907. The zero-order valence-corrected chi connectivity index (χ0v) is 14.7. The van der Waals surface area contributed by atoms with E-state index in [1.165, 1.54) is 18.4 Å². The number of phenolic OH excluding ortho intramolecular Hbond substituents is 1. The Morgan fingerprint density at radius 1 is 1.22 bits per heavy atom. The summed E-state index contributed by atoms with van der Waals surface area (Å²) in [5, 5.41) is 12.1. The van der Waals surface area contributed by atoms with Crippen LogP contribution in [0.15, 0.2) is 59.2 Å². The van der Waals surface area contributed by atoms with Gasteiger partial charge in [0.05, 0.1) is 12.1 Å². The Morgan fingerprint density at radius 3 is 2.56 bits per heavy atom. The number of nitrogens with zero attached hydrogens (tertiary/aromatic N) is 1. The molecule has 1 heterocycles. The molecule has 140 valence electrons. The Labute approximate surface area is 155 Å². The molecule has 0 bridgehead atoms. The van der Waals surface area contributed by atoms with Gasteiger partial charge in [-0.1, -0.05) is 24.3 Å². The van der Waals surface area contributed by atoms with Crippen molar-refractivity contribution in [1.29, 1.82) is 0 Å². The van der Waals surface area contributed by atoms with Crippen molar-refractivity contribution in [2.45, 2.75) is 25.4 Å². The van der Waals surface area contributed by atoms with Gasteiger partial charge in [0.1, 0.15) is 17.8 Å². The van der Waals surface area contributed by atoms with Crippen molar-refractivity contribution in [3.05, 3.63) is 83.3 Å². The number of oxazole rings is 1. The van der Waals surface area contributed by atoms with Gasteiger partial charge in [-0.25, -0.2) is 9.37 Å². The van der Waals surface area contributed by atoms with Crippen LogP contribution in [-0.2, 0) is 6.42 Å². The summed E-state index contributed by atoms with van der Waals surface area (Å²) in [7, 11) is 0. The van der Waals surface area contributed by atoms with Gasteiger partial charge in [0.25, 0.3) is 5.91 Å². The number of phenols is 1. The number of rotatable bonds is 6. The van der Waals surface area contributed by atoms with E-state index in [2.05, 4.69) is 10.3 Å². The summed E-state index contributed by atoms with van der Waals surface area (Å²) in [6, 6.07) is 11.7. The van der Waals surface area contributed by atoms with Crippen molar-refractivity contribution in [3.8, 4) is 5.75 Å². The van der Waals surface area contributed by atoms with Gasteiger partial charge < -0.3 is 20.6 Å². The molecule has 0 saturated carbocycles. The van der Waals surface area contributed by atoms with E-state index < -0.39 is 11.9 Å². The molecule has 4 N–H and O–H groups in total. The number of amides is 1. The van der Waals surface area contributed by atoms with Crippen molar-refractivity contribution < 1.29 is 18.7 Å². The molecular formula is C20H20FN3O3. The Kier molecular flexibility index (Phi) is 5.52. The standard InChI is InChI=1S/C20H20FN3O3/c1-12(14-4-6-15(21)7-5-14)23-19(26)18-11-27-20(24-18)17(22)10-13-2-8-16(25)9-3-13/h2-9,11-12,17,25H,10,22H2,1H3,(H,23,26). The lowest BCUT2D eigenvalue weighted by molar-refractivity contribution is 0.0934. The van der Waals surface area contributed by atoms with E-state index in [4.69, 9.17) is 10.2 Å². The van der Waals surface area contributed by atoms with Crippen LogP contribution in [-0.4, -0.2) is 16.0 Å². The molecule has 0 aliphatic carbocycles. The van der Waals surface area contributed by atoms with Gasteiger partial charge in [-0.05, 0) is 48.7 Å². The summed E-state index contributed by atoms with van der Waals surface area (Å²) in [5.74, 6) is -0.306. The number of aromatic hydroxyl groups is 1. The van der Waals surface area contributed by atoms with E-state index in [0.29, 0.717) is 6.42 Å². The Balaban J connectivity index is 1.62. The van der Waals surface area contributed by atoms with Gasteiger partial charge in [-0.3, -0.25) is 4.79 Å². The van der Waals surface area contributed by atoms with Gasteiger partial charge in [-0.15, -0.1) is 0 Å². The highest BCUT2D eigenvalue weighted by molar-refractivity contribution is 5.92. The third-order valence-electron chi connectivity index (χ3n) is 4.18. The lowest BCUT2D eigenvalue weighted by Crippen LogP contribution is -2.27. The van der Waals surface area contributed by atoms with E-state index in [9.17, 15) is 14.3 Å². The topological polar surface area (TPSA) is 101 Å². The Morgan fingerprint density at radius 2 is 1.89 bits per heavy atom. The van der Waals surface area contributed by atoms with E-state index in [1.54, 1.807) is 43.3 Å². The second-order valence-corrected chi connectivity index (χ2v) is 6.29. The maximum Gasteiger partial charge on any atom is 0.273 e. The molecule has 2 aromatic carbocycles. The number of carbonyl (C=O) groups excluding carboxylic acids is 1. The summed E-state index contributed by atoms with van der Waals surface area (Å²) in [4.78, 5) is 16.5. The lowest BCUT2D eigenvalue weighted by Gasteiger charge is -2.13. The second kappa shape index (κ2) is 8.01. The molecule has 0 radical (unpaired) electrons. The molecule has 1 amide bonds. The predicted molar refractivity (Wildman–Crippen MR) is 97.5 cm³/mol. The predicted octanol–water partition coefficient (Wildman–Crippen LogP) is 3.25. The fourth-order valence-corrected chi connectivity index (χ4v) is 2.64. The molecule has 3 aromatic rings. The molecule has 0 fully saturated rings. The summed E-state index contributed by atoms with van der Waals surface area (Å²) in [5.41, 5.74) is 7.91. The number of halogens is 1. The smallest absolute Gasteiger partial charge is 0.273 e. The van der Waals surface area contributed by atoms with Crippen LogP contribution in [0, 0.1) is 5.82 Å². The quantitative estimate of drug-likeness (QED) is 0.619. The molecule has 27 heavy (non-hydrogen) atoms. The number of aromatic nitrogens is 1. The molecule has 0 saturated heterocycles. The number of hydrogen-bond acceptors (Lipinski definition) is 5. The number of hydrogen-bond donors (Lipinski definition) is 3. The van der Waals surface area contributed by atoms with Gasteiger partial charge in [-0.2, -0.15) is 0 Å². The van der Waals surface area contributed by atoms with E-state index in [-0.39, 0.29) is 29.2 Å². The number of nitrogens with two attached hydrogens (primary N) is 1. The van der Waals surface area contributed by atoms with Crippen molar-refractivity contribution >= 4 is 5.91 Å². The average Bonchev–Trinajstić information content (AvgIpc) is 3.14. The first-order valence-corrected chi connectivity index (χ1v) is 8.47. The fourth-order valence-electron chi connectivity index (χ4n) is 2.64. The Hall–Kier alpha value is -3.19. The van der Waals surface area contributed by atoms with Crippen molar-refractivity contribution in [1.82, 2.24) is 10.3 Å². The summed E-state index contributed by atoms with van der Waals surface area (Å²) >= 11 is 0. The van der Waals surface area contributed by atoms with E-state index in [1.807, 2.05) is 0 Å². The van der Waals surface area contributed by atoms with Crippen molar-refractivity contribution in [3.63, 3.8) is 0 Å². The number of benzene rings is 2. The molecule has 0 aliphatic heterocycles. The lowest BCUT2D eigenvalue weighted by atomic mass is 10.1. The normalized spacial score (nSPS) is 13.1. The monoisotopic (exact) mass is 369 g/mol. The zero-order valence-electron chi connectivity index (χ0n) is 14.7. The van der Waals surface area contributed by atoms with E-state index in [0.717, 1.165) is 11.1 Å². The summed E-state index contributed by atoms with van der Waals surface area (Å²) in [6.07, 6.45) is 1.71. The molecular weight excluding hydrogens is 349 g/mol. The first-order chi connectivity index (χ1) is 12.9. The van der Waals surface area contributed by atoms with Gasteiger partial charge in [0.2, 0.25) is 5.89 Å². The molecule has 0 aliphatic rings. The van der Waals surface area contributed by atoms with Gasteiger partial charge in [0.15, 0.2) is 5.69 Å². The minimum atomic E-state index is -0.523. The van der Waals surface area contributed by atoms with Crippen LogP contribution in [0.5, 0.6) is 5.75 Å². The van der Waals surface area contributed by atoms with Crippen molar-refractivity contribution in [2.24, 2.45) is 5.73 Å². The molecule has 1 aromatic heterocycles. The molecule has 2 unspecified atom stereocenters. The first kappa shape index (κ1) is 18.6. The largest absolute Gasteiger partial charge is 0.508 e. The molecule has 2 atom stereocenters. The van der Waals surface area contributed by atoms with Crippen LogP contribution in [0.25, 0.3) is 0 Å². The third-order valence-corrected chi connectivity index (χ3v) is 4.18. The maximum absolute atomic E-state index is 13.0. The average molecular weight is 369 g/mol. The van der Waals surface area contributed by atoms with Gasteiger partial charge in [0, 0.05) is 0 Å². The highest BCUT2D eigenvalue weighted by Crippen LogP contribution is 2.19. The van der Waals surface area contributed by atoms with Crippen LogP contribution >= 0.6 is 0 Å². The third kappa shape index (κ3) is 4.71. The van der Waals surface area contributed by atoms with Crippen LogP contribution < -0.4 is 11.1 Å². The van der Waals surface area contributed by atoms with Crippen LogP contribution in [0.1, 0.15) is 46.5 Å². The summed E-state index contributed by atoms with van der Waals surface area (Å²) in [6.45, 7) is 1.79. The SMILES string of the molecule is CC(NC(=O)c1coc(C(N)Cc2ccc(O)cc2)n1)c1ccc(F)cc1. The van der Waals surface area contributed by atoms with E-state index >= 15 is 0 Å². The molecule has 3 rings (SSSR count). The molecule has 6 nitrogen and oxygen atoms in total. The van der Waals surface area contributed by atoms with Crippen LogP contribution in [0.4, 0.5) is 4.39 Å². The maximum atomic E-state index is 13.0. The zero-order chi connectivity index (χ0) is 19.4. The fraction of sp³-hybridized carbons (Fsp3) is 0.200. The van der Waals surface area contributed by atoms with Crippen LogP contribution in [0.2, 0.25) is 0 Å². The summed E-state index contributed by atoms with van der Waals surface area (Å²) < 4.78 is 18.3.